The van der Waals surface area contributed by atoms with Crippen molar-refractivity contribution >= 4 is 17.8 Å². The molecule has 1 aromatic rings. The Morgan fingerprint density at radius 1 is 1.00 bits per heavy atom. The van der Waals surface area contributed by atoms with E-state index in [1.165, 1.54) is 0 Å². The molecule has 0 atom stereocenters. The summed E-state index contributed by atoms with van der Waals surface area (Å²) in [5.41, 5.74) is 5.73. The quantitative estimate of drug-likeness (QED) is 0.735. The molecule has 0 bridgehead atoms. The summed E-state index contributed by atoms with van der Waals surface area (Å²) >= 11 is 0. The fourth-order valence-corrected chi connectivity index (χ4v) is 1.69. The average Bonchev–Trinajstić information content (AvgIpc) is 2.35. The Morgan fingerprint density at radius 3 is 2.22 bits per heavy atom. The van der Waals surface area contributed by atoms with Crippen LogP contribution in [0.25, 0.3) is 0 Å². The molecule has 6 heteroatoms. The van der Waals surface area contributed by atoms with Gasteiger partial charge >= 0.3 is 0 Å². The number of nitrogens with zero attached hydrogens (tertiary/aromatic N) is 4. The van der Waals surface area contributed by atoms with Gasteiger partial charge in [-0.1, -0.05) is 20.8 Å². The van der Waals surface area contributed by atoms with Crippen LogP contribution in [0.3, 0.4) is 0 Å². The molecule has 0 aliphatic rings. The molecular formula is C12H24N6. The molecule has 3 N–H and O–H groups in total. The zero-order valence-electron chi connectivity index (χ0n) is 11.6. The van der Waals surface area contributed by atoms with Crippen LogP contribution < -0.4 is 16.0 Å². The Kier molecular flexibility index (Phi) is 6.18. The van der Waals surface area contributed by atoms with Crippen molar-refractivity contribution in [2.45, 2.75) is 40.0 Å². The fraction of sp³-hybridized carbons (Fsp3) is 0.750. The third kappa shape index (κ3) is 4.35. The fourth-order valence-electron chi connectivity index (χ4n) is 1.69. The Morgan fingerprint density at radius 2 is 1.67 bits per heavy atom. The summed E-state index contributed by atoms with van der Waals surface area (Å²) in [5.74, 6) is 1.51. The maximum Gasteiger partial charge on any atom is 0.231 e. The van der Waals surface area contributed by atoms with E-state index in [0.29, 0.717) is 11.9 Å². The average molecular weight is 252 g/mol. The minimum Gasteiger partial charge on any atom is -0.368 e. The third-order valence-electron chi connectivity index (χ3n) is 2.44. The Labute approximate surface area is 109 Å². The van der Waals surface area contributed by atoms with Crippen LogP contribution in [-0.2, 0) is 0 Å². The second-order valence-electron chi connectivity index (χ2n) is 4.23. The second kappa shape index (κ2) is 7.68. The first-order valence-corrected chi connectivity index (χ1v) is 6.71. The minimum absolute atomic E-state index is 0.274. The summed E-state index contributed by atoms with van der Waals surface area (Å²) in [4.78, 5) is 14.9. The molecule has 0 unspecified atom stereocenters. The van der Waals surface area contributed by atoms with Gasteiger partial charge < -0.3 is 16.0 Å². The zero-order chi connectivity index (χ0) is 13.4. The van der Waals surface area contributed by atoms with E-state index in [1.54, 1.807) is 0 Å². The number of aromatic nitrogens is 3. The van der Waals surface area contributed by atoms with Gasteiger partial charge in [0.2, 0.25) is 17.8 Å². The summed E-state index contributed by atoms with van der Waals surface area (Å²) in [6.45, 7) is 9.09. The molecule has 1 aromatic heterocycles. The molecule has 0 fully saturated rings. The van der Waals surface area contributed by atoms with Crippen molar-refractivity contribution in [1.29, 1.82) is 0 Å². The van der Waals surface area contributed by atoms with Crippen LogP contribution in [0.5, 0.6) is 0 Å². The predicted octanol–water partition coefficient (Wildman–Crippen LogP) is 1.90. The molecule has 102 valence electrons. The largest absolute Gasteiger partial charge is 0.368 e. The molecule has 18 heavy (non-hydrogen) atoms. The van der Waals surface area contributed by atoms with Crippen molar-refractivity contribution in [2.75, 3.05) is 35.6 Å². The highest BCUT2D eigenvalue weighted by Crippen LogP contribution is 2.12. The van der Waals surface area contributed by atoms with Crippen molar-refractivity contribution in [3.63, 3.8) is 0 Å². The van der Waals surface area contributed by atoms with Crippen molar-refractivity contribution in [3.8, 4) is 0 Å². The number of hydrogen-bond donors (Lipinski definition) is 2. The van der Waals surface area contributed by atoms with Crippen LogP contribution in [0.4, 0.5) is 17.8 Å². The molecule has 0 saturated heterocycles. The monoisotopic (exact) mass is 252 g/mol. The van der Waals surface area contributed by atoms with Gasteiger partial charge in [0.1, 0.15) is 0 Å². The molecule has 0 radical (unpaired) electrons. The minimum atomic E-state index is 0.274. The lowest BCUT2D eigenvalue weighted by atomic mass is 10.4. The van der Waals surface area contributed by atoms with Gasteiger partial charge in [0.05, 0.1) is 0 Å². The zero-order valence-corrected chi connectivity index (χ0v) is 11.6. The summed E-state index contributed by atoms with van der Waals surface area (Å²) in [6, 6.07) is 0. The normalized spacial score (nSPS) is 10.4. The van der Waals surface area contributed by atoms with Gasteiger partial charge in [0.25, 0.3) is 0 Å². The molecule has 0 aliphatic carbocycles. The molecule has 6 nitrogen and oxygen atoms in total. The maximum atomic E-state index is 5.73. The number of nitrogens with one attached hydrogen (secondary N) is 1. The highest BCUT2D eigenvalue weighted by molar-refractivity contribution is 5.41. The van der Waals surface area contributed by atoms with E-state index in [-0.39, 0.29) is 5.95 Å². The van der Waals surface area contributed by atoms with E-state index in [9.17, 15) is 0 Å². The summed E-state index contributed by atoms with van der Waals surface area (Å²) in [5, 5.41) is 3.15. The van der Waals surface area contributed by atoms with E-state index in [4.69, 9.17) is 5.73 Å². The number of hydrogen-bond acceptors (Lipinski definition) is 6. The van der Waals surface area contributed by atoms with Crippen LogP contribution >= 0.6 is 0 Å². The van der Waals surface area contributed by atoms with Gasteiger partial charge in [-0.2, -0.15) is 15.0 Å². The Bertz CT molecular complexity index is 348. The predicted molar refractivity (Wildman–Crippen MR) is 75.8 cm³/mol. The first-order valence-electron chi connectivity index (χ1n) is 6.71. The van der Waals surface area contributed by atoms with Gasteiger partial charge in [-0.25, -0.2) is 0 Å². The summed E-state index contributed by atoms with van der Waals surface area (Å²) in [7, 11) is 0. The van der Waals surface area contributed by atoms with Crippen LogP contribution in [0.15, 0.2) is 0 Å². The van der Waals surface area contributed by atoms with Gasteiger partial charge in [0.15, 0.2) is 0 Å². The van der Waals surface area contributed by atoms with Crippen LogP contribution in [-0.4, -0.2) is 34.6 Å². The van der Waals surface area contributed by atoms with E-state index < -0.39 is 0 Å². The van der Waals surface area contributed by atoms with E-state index in [0.717, 1.165) is 38.9 Å². The molecule has 0 amide bonds. The van der Waals surface area contributed by atoms with Crippen molar-refractivity contribution in [2.24, 2.45) is 0 Å². The van der Waals surface area contributed by atoms with Crippen LogP contribution in [0, 0.1) is 0 Å². The number of rotatable bonds is 8. The lowest BCUT2D eigenvalue weighted by molar-refractivity contribution is 0.719. The van der Waals surface area contributed by atoms with Gasteiger partial charge in [-0.15, -0.1) is 0 Å². The van der Waals surface area contributed by atoms with Crippen molar-refractivity contribution in [1.82, 2.24) is 15.0 Å². The summed E-state index contributed by atoms with van der Waals surface area (Å²) in [6.07, 6.45) is 3.14. The second-order valence-corrected chi connectivity index (χ2v) is 4.23. The van der Waals surface area contributed by atoms with E-state index >= 15 is 0 Å². The Hall–Kier alpha value is -1.59. The first-order chi connectivity index (χ1) is 8.71. The van der Waals surface area contributed by atoms with Crippen LogP contribution in [0.2, 0.25) is 0 Å². The molecule has 1 heterocycles. The third-order valence-corrected chi connectivity index (χ3v) is 2.44. The van der Waals surface area contributed by atoms with Gasteiger partial charge in [-0.05, 0) is 19.3 Å². The lowest BCUT2D eigenvalue weighted by Crippen LogP contribution is -2.27. The molecule has 0 saturated carbocycles. The highest BCUT2D eigenvalue weighted by Gasteiger charge is 2.10. The smallest absolute Gasteiger partial charge is 0.231 e. The van der Waals surface area contributed by atoms with Gasteiger partial charge in [0, 0.05) is 19.6 Å². The van der Waals surface area contributed by atoms with E-state index in [2.05, 4.69) is 45.9 Å². The molecule has 0 aliphatic heterocycles. The number of anilines is 3. The van der Waals surface area contributed by atoms with E-state index in [1.807, 2.05) is 0 Å². The van der Waals surface area contributed by atoms with Crippen LogP contribution in [0.1, 0.15) is 40.0 Å². The maximum absolute atomic E-state index is 5.73. The molecule has 0 spiro atoms. The highest BCUT2D eigenvalue weighted by atomic mass is 15.3. The molecule has 0 aromatic carbocycles. The van der Waals surface area contributed by atoms with Gasteiger partial charge in [-0.3, -0.25) is 0 Å². The standard InChI is InChI=1S/C12H24N6/c1-4-7-14-11-15-10(13)16-12(17-11)18(8-5-2)9-6-3/h4-9H2,1-3H3,(H3,13,14,15,16,17). The molecule has 1 rings (SSSR count). The Balaban J connectivity index is 2.87. The van der Waals surface area contributed by atoms with Crippen molar-refractivity contribution in [3.05, 3.63) is 0 Å². The number of nitrogen functional groups attached to an aromatic ring is 1. The molecular weight excluding hydrogens is 228 g/mol. The first kappa shape index (κ1) is 14.5. The lowest BCUT2D eigenvalue weighted by Gasteiger charge is -2.21. The van der Waals surface area contributed by atoms with Crippen molar-refractivity contribution < 1.29 is 0 Å². The summed E-state index contributed by atoms with van der Waals surface area (Å²) < 4.78 is 0. The topological polar surface area (TPSA) is 80.0 Å². The number of nitrogens with two attached hydrogens (primary N) is 1. The SMILES string of the molecule is CCCNc1nc(N)nc(N(CCC)CCC)n1.